The van der Waals surface area contributed by atoms with Crippen LogP contribution in [-0.2, 0) is 4.79 Å². The Bertz CT molecular complexity index is 101. The van der Waals surface area contributed by atoms with E-state index in [1.165, 1.54) is 0 Å². The van der Waals surface area contributed by atoms with Crippen LogP contribution in [-0.4, -0.2) is 17.2 Å². The first-order chi connectivity index (χ1) is 4.04. The predicted octanol–water partition coefficient (Wildman–Crippen LogP) is 1.10. The number of hydrogen-bond donors (Lipinski definition) is 1. The lowest BCUT2D eigenvalue weighted by molar-refractivity contribution is -0.120. The van der Waals surface area contributed by atoms with Gasteiger partial charge >= 0.3 is 0 Å². The first kappa shape index (κ1) is 8.82. The maximum absolute atomic E-state index is 10.7. The minimum absolute atomic E-state index is 0.0556. The van der Waals surface area contributed by atoms with E-state index in [-0.39, 0.29) is 17.2 Å². The molecule has 1 unspecified atom stereocenters. The van der Waals surface area contributed by atoms with Gasteiger partial charge in [0.15, 0.2) is 0 Å². The van der Waals surface area contributed by atoms with Gasteiger partial charge in [-0.1, -0.05) is 12.6 Å². The molecule has 1 amide bonds. The quantitative estimate of drug-likeness (QED) is 0.621. The fraction of sp³-hybridized carbons (Fsp3) is 0.833. The van der Waals surface area contributed by atoms with Crippen LogP contribution in [0, 0.1) is 0 Å². The monoisotopic (exact) mass is 146 g/mol. The molecule has 0 aliphatic rings. The van der Waals surface area contributed by atoms with Crippen molar-refractivity contribution in [3.05, 3.63) is 0 Å². The largest absolute Gasteiger partial charge is 0.353 e. The Kier molecular flexibility index (Phi) is 3.70. The summed E-state index contributed by atoms with van der Waals surface area (Å²) in [6.07, 6.45) is 0. The lowest BCUT2D eigenvalue weighted by Crippen LogP contribution is -2.34. The third-order valence-corrected chi connectivity index (χ3v) is 1.01. The average Bonchev–Trinajstić information content (AvgIpc) is 1.63. The number of carbonyl (C=O) groups excluding carboxylic acids is 1. The lowest BCUT2D eigenvalue weighted by atomic mass is 10.3. The van der Waals surface area contributed by atoms with Crippen LogP contribution in [0.15, 0.2) is 0 Å². The van der Waals surface area contributed by atoms with Gasteiger partial charge in [0.2, 0.25) is 5.91 Å². The smallest absolute Gasteiger partial charge is 0.233 e. The molecule has 53 valence electrons. The van der Waals surface area contributed by atoms with Crippen molar-refractivity contribution in [1.29, 1.82) is 0 Å². The molecule has 0 rings (SSSR count). The number of rotatable bonds is 2. The Morgan fingerprint density at radius 2 is 1.89 bits per heavy atom. The minimum atomic E-state index is -0.313. The van der Waals surface area contributed by atoms with Gasteiger partial charge in [0, 0.05) is 6.04 Å². The number of carbonyl (C=O) groups is 1. The second-order valence-corrected chi connectivity index (χ2v) is 3.01. The molecule has 0 spiro atoms. The number of hydrogen-bond acceptors (Lipinski definition) is 1. The van der Waals surface area contributed by atoms with Crippen molar-refractivity contribution < 1.29 is 4.79 Å². The summed E-state index contributed by atoms with van der Waals surface area (Å²) in [5.74, 6) is -0.0556. The van der Waals surface area contributed by atoms with E-state index >= 15 is 0 Å². The van der Waals surface area contributed by atoms with Gasteiger partial charge in [-0.05, 0) is 20.8 Å². The van der Waals surface area contributed by atoms with Crippen LogP contribution >= 0.6 is 12.6 Å². The molecule has 0 fully saturated rings. The Morgan fingerprint density at radius 1 is 1.44 bits per heavy atom. The Morgan fingerprint density at radius 3 is 2.00 bits per heavy atom. The first-order valence-corrected chi connectivity index (χ1v) is 3.47. The van der Waals surface area contributed by atoms with Crippen LogP contribution in [0.4, 0.5) is 0 Å². The molecule has 9 heavy (non-hydrogen) atoms. The lowest BCUT2D eigenvalue weighted by Gasteiger charge is -2.08. The molecule has 0 aliphatic heterocycles. The van der Waals surface area contributed by atoms with E-state index in [9.17, 15) is 4.79 Å². The number of nitrogens with one attached hydrogen (secondary N) is 1. The molecule has 3 heteroatoms. The third-order valence-electron chi connectivity index (χ3n) is 0.800. The van der Waals surface area contributed by atoms with Gasteiger partial charge in [0.1, 0.15) is 0 Å². The zero-order valence-corrected chi connectivity index (χ0v) is 6.79. The van der Waals surface area contributed by atoms with Crippen LogP contribution < -0.4 is 5.32 Å². The topological polar surface area (TPSA) is 29.1 Å². The first-order valence-electron chi connectivity index (χ1n) is 3.00. The molecule has 0 aromatic carbocycles. The molecular formula is C6H12NOS. The molecule has 0 aromatic rings. The molecule has 0 saturated heterocycles. The molecule has 0 saturated carbocycles. The van der Waals surface area contributed by atoms with Gasteiger partial charge in [-0.15, -0.1) is 0 Å². The second-order valence-electron chi connectivity index (χ2n) is 2.31. The summed E-state index contributed by atoms with van der Waals surface area (Å²) >= 11 is 4.71. The normalized spacial score (nSPS) is 13.4. The molecule has 2 nitrogen and oxygen atoms in total. The zero-order chi connectivity index (χ0) is 7.44. The molecule has 1 N–H and O–H groups in total. The fourth-order valence-electron chi connectivity index (χ4n) is 0.402. The van der Waals surface area contributed by atoms with Crippen LogP contribution in [0.2, 0.25) is 0 Å². The minimum Gasteiger partial charge on any atom is -0.353 e. The number of amides is 1. The Balaban J connectivity index is 3.51. The van der Waals surface area contributed by atoms with E-state index < -0.39 is 0 Å². The molecule has 0 bridgehead atoms. The van der Waals surface area contributed by atoms with Crippen molar-refractivity contribution in [3.8, 4) is 0 Å². The van der Waals surface area contributed by atoms with E-state index in [2.05, 4.69) is 5.32 Å². The highest BCUT2D eigenvalue weighted by Crippen LogP contribution is 1.91. The maximum Gasteiger partial charge on any atom is 0.233 e. The van der Waals surface area contributed by atoms with E-state index in [1.54, 1.807) is 6.92 Å². The van der Waals surface area contributed by atoms with Crippen molar-refractivity contribution in [2.24, 2.45) is 0 Å². The van der Waals surface area contributed by atoms with E-state index in [0.717, 1.165) is 0 Å². The highest BCUT2D eigenvalue weighted by Gasteiger charge is 2.07. The van der Waals surface area contributed by atoms with Crippen LogP contribution in [0.5, 0.6) is 0 Å². The highest BCUT2D eigenvalue weighted by atomic mass is 32.1. The summed E-state index contributed by atoms with van der Waals surface area (Å²) in [4.78, 5) is 10.7. The van der Waals surface area contributed by atoms with Crippen molar-refractivity contribution in [2.75, 3.05) is 0 Å². The standard InChI is InChI=1S/C6H12NOS/c1-4(2)7-6(8)5(3)9/h4-5H,1-3H3,(H,7,8). The summed E-state index contributed by atoms with van der Waals surface area (Å²) < 4.78 is 0. The molecule has 0 heterocycles. The third kappa shape index (κ3) is 4.33. The Labute approximate surface area is 61.4 Å². The molecular weight excluding hydrogens is 134 g/mol. The maximum atomic E-state index is 10.7. The van der Waals surface area contributed by atoms with Crippen molar-refractivity contribution in [2.45, 2.75) is 32.1 Å². The average molecular weight is 146 g/mol. The molecule has 0 aromatic heterocycles. The molecule has 1 radical (unpaired) electrons. The summed E-state index contributed by atoms with van der Waals surface area (Å²) in [5, 5.41) is 2.39. The summed E-state index contributed by atoms with van der Waals surface area (Å²) in [5.41, 5.74) is 0. The van der Waals surface area contributed by atoms with E-state index in [1.807, 2.05) is 13.8 Å². The zero-order valence-electron chi connectivity index (χ0n) is 5.97. The SMILES string of the molecule is CC(C)NC(=O)C(C)[S]. The van der Waals surface area contributed by atoms with Crippen LogP contribution in [0.1, 0.15) is 20.8 Å². The van der Waals surface area contributed by atoms with Crippen LogP contribution in [0.3, 0.4) is 0 Å². The van der Waals surface area contributed by atoms with Crippen molar-refractivity contribution in [3.63, 3.8) is 0 Å². The summed E-state index contributed by atoms with van der Waals surface area (Å²) in [7, 11) is 0. The van der Waals surface area contributed by atoms with Crippen molar-refractivity contribution in [1.82, 2.24) is 5.32 Å². The van der Waals surface area contributed by atoms with Crippen molar-refractivity contribution >= 4 is 18.5 Å². The fourth-order valence-corrected chi connectivity index (χ4v) is 0.470. The summed E-state index contributed by atoms with van der Waals surface area (Å²) in [6, 6.07) is 0.197. The summed E-state index contributed by atoms with van der Waals surface area (Å²) in [6.45, 7) is 5.53. The predicted molar refractivity (Wildman–Crippen MR) is 40.3 cm³/mol. The second kappa shape index (κ2) is 3.77. The van der Waals surface area contributed by atoms with Gasteiger partial charge in [-0.2, -0.15) is 0 Å². The van der Waals surface area contributed by atoms with Gasteiger partial charge in [0.25, 0.3) is 0 Å². The Hall–Kier alpha value is -0.180. The van der Waals surface area contributed by atoms with Crippen LogP contribution in [0.25, 0.3) is 0 Å². The van der Waals surface area contributed by atoms with Gasteiger partial charge < -0.3 is 5.32 Å². The van der Waals surface area contributed by atoms with E-state index in [4.69, 9.17) is 12.6 Å². The van der Waals surface area contributed by atoms with Gasteiger partial charge in [-0.25, -0.2) is 0 Å². The van der Waals surface area contributed by atoms with Gasteiger partial charge in [-0.3, -0.25) is 4.79 Å². The van der Waals surface area contributed by atoms with Gasteiger partial charge in [0.05, 0.1) is 5.25 Å². The molecule has 1 atom stereocenters. The van der Waals surface area contributed by atoms with E-state index in [0.29, 0.717) is 0 Å². The molecule has 0 aliphatic carbocycles. The highest BCUT2D eigenvalue weighted by molar-refractivity contribution is 7.81.